The van der Waals surface area contributed by atoms with E-state index in [4.69, 9.17) is 4.42 Å². The van der Waals surface area contributed by atoms with Gasteiger partial charge in [-0.1, -0.05) is 0 Å². The van der Waals surface area contributed by atoms with Crippen LogP contribution in [0.4, 0.5) is 0 Å². The van der Waals surface area contributed by atoms with Crippen LogP contribution >= 0.6 is 0 Å². The number of aromatic nitrogens is 1. The van der Waals surface area contributed by atoms with Crippen molar-refractivity contribution < 1.29 is 4.42 Å². The molecule has 2 aromatic heterocycles. The summed E-state index contributed by atoms with van der Waals surface area (Å²) in [6, 6.07) is 2.09. The van der Waals surface area contributed by atoms with Gasteiger partial charge in [0.1, 0.15) is 5.76 Å². The zero-order valence-corrected chi connectivity index (χ0v) is 5.29. The van der Waals surface area contributed by atoms with E-state index in [9.17, 15) is 0 Å². The Balaban J connectivity index is 2.69. The van der Waals surface area contributed by atoms with Crippen LogP contribution in [0.2, 0.25) is 0 Å². The predicted molar refractivity (Wildman–Crippen MR) is 36.8 cm³/mol. The van der Waals surface area contributed by atoms with Crippen molar-refractivity contribution in [1.82, 2.24) is 4.98 Å². The fourth-order valence-electron chi connectivity index (χ4n) is 1.48. The van der Waals surface area contributed by atoms with E-state index in [-0.39, 0.29) is 0 Å². The average Bonchev–Trinajstić information content (AvgIpc) is 2.40. The Hall–Kier alpha value is -1.31. The van der Waals surface area contributed by atoms with Gasteiger partial charge < -0.3 is 4.42 Å². The normalized spacial score (nSPS) is 13.6. The van der Waals surface area contributed by atoms with E-state index in [2.05, 4.69) is 11.1 Å². The Labute approximate surface area is 57.5 Å². The smallest absolute Gasteiger partial charge is 0.152 e. The Morgan fingerprint density at radius 1 is 1.40 bits per heavy atom. The molecule has 0 N–H and O–H groups in total. The van der Waals surface area contributed by atoms with Crippen LogP contribution in [0, 0.1) is 0 Å². The van der Waals surface area contributed by atoms with E-state index >= 15 is 0 Å². The molecule has 0 fully saturated rings. The molecule has 0 atom stereocenters. The lowest BCUT2D eigenvalue weighted by Gasteiger charge is -1.98. The largest absolute Gasteiger partial charge is 0.459 e. The summed E-state index contributed by atoms with van der Waals surface area (Å²) in [6.07, 6.45) is 4.61. The summed E-state index contributed by atoms with van der Waals surface area (Å²) < 4.78 is 5.38. The lowest BCUT2D eigenvalue weighted by Crippen LogP contribution is -1.85. The lowest BCUT2D eigenvalue weighted by molar-refractivity contribution is 0.556. The molecule has 0 aliphatic heterocycles. The zero-order chi connectivity index (χ0) is 6.55. The minimum absolute atomic E-state index is 0.929. The van der Waals surface area contributed by atoms with Crippen LogP contribution in [-0.2, 0) is 6.42 Å². The van der Waals surface area contributed by atoms with Crippen molar-refractivity contribution >= 4 is 11.0 Å². The molecule has 2 aromatic rings. The second-order valence-corrected chi connectivity index (χ2v) is 2.60. The summed E-state index contributed by atoms with van der Waals surface area (Å²) >= 11 is 0. The van der Waals surface area contributed by atoms with Crippen LogP contribution < -0.4 is 0 Å². The van der Waals surface area contributed by atoms with Gasteiger partial charge in [-0.2, -0.15) is 0 Å². The first-order chi connectivity index (χ1) is 4.93. The zero-order valence-electron chi connectivity index (χ0n) is 5.29. The van der Waals surface area contributed by atoms with Gasteiger partial charge in [0.05, 0.1) is 6.20 Å². The van der Waals surface area contributed by atoms with Gasteiger partial charge in [0.15, 0.2) is 5.58 Å². The molecule has 1 aliphatic rings. The number of rotatable bonds is 0. The first-order valence-corrected chi connectivity index (χ1v) is 3.29. The van der Waals surface area contributed by atoms with Crippen molar-refractivity contribution in [3.63, 3.8) is 0 Å². The van der Waals surface area contributed by atoms with E-state index in [0.717, 1.165) is 17.8 Å². The number of hydrogen-bond acceptors (Lipinski definition) is 2. The van der Waals surface area contributed by atoms with Gasteiger partial charge in [-0.3, -0.25) is 4.98 Å². The highest BCUT2D eigenvalue weighted by Gasteiger charge is 2.15. The molecule has 0 saturated heterocycles. The van der Waals surface area contributed by atoms with Crippen molar-refractivity contribution in [3.05, 3.63) is 29.8 Å². The molecule has 0 unspecified atom stereocenters. The van der Waals surface area contributed by atoms with Crippen LogP contribution in [0.15, 0.2) is 22.9 Å². The summed E-state index contributed by atoms with van der Waals surface area (Å²) in [7, 11) is 0. The molecule has 10 heavy (non-hydrogen) atoms. The van der Waals surface area contributed by atoms with Gasteiger partial charge in [0.25, 0.3) is 0 Å². The second-order valence-electron chi connectivity index (χ2n) is 2.60. The predicted octanol–water partition coefficient (Wildman–Crippen LogP) is 1.73. The maximum Gasteiger partial charge on any atom is 0.152 e. The monoisotopic (exact) mass is 131 g/mol. The molecule has 0 saturated carbocycles. The fraction of sp³-hybridized carbons (Fsp3) is 0.125. The molecule has 0 amide bonds. The van der Waals surface area contributed by atoms with Crippen LogP contribution in [0.5, 0.6) is 0 Å². The molecule has 2 bridgehead atoms. The van der Waals surface area contributed by atoms with Gasteiger partial charge in [-0.05, 0) is 11.6 Å². The van der Waals surface area contributed by atoms with Crippen LogP contribution in [0.25, 0.3) is 11.0 Å². The number of hydrogen-bond donors (Lipinski definition) is 0. The Morgan fingerprint density at radius 2 is 2.40 bits per heavy atom. The highest BCUT2D eigenvalue weighted by Crippen LogP contribution is 2.30. The van der Waals surface area contributed by atoms with Crippen molar-refractivity contribution in [2.45, 2.75) is 6.42 Å². The van der Waals surface area contributed by atoms with Gasteiger partial charge in [0, 0.05) is 18.0 Å². The van der Waals surface area contributed by atoms with Crippen molar-refractivity contribution in [2.24, 2.45) is 0 Å². The summed E-state index contributed by atoms with van der Waals surface area (Å²) in [5.74, 6) is 1.07. The summed E-state index contributed by atoms with van der Waals surface area (Å²) in [5, 5.41) is 1.24. The second kappa shape index (κ2) is 1.24. The molecule has 2 heterocycles. The highest BCUT2D eigenvalue weighted by molar-refractivity contribution is 5.83. The Bertz CT molecular complexity index is 399. The van der Waals surface area contributed by atoms with E-state index in [1.165, 1.54) is 10.9 Å². The summed E-state index contributed by atoms with van der Waals surface area (Å²) in [5.41, 5.74) is 2.23. The molecule has 0 spiro atoms. The minimum atomic E-state index is 0.929. The third kappa shape index (κ3) is 0.355. The van der Waals surface area contributed by atoms with Gasteiger partial charge >= 0.3 is 0 Å². The first kappa shape index (κ1) is 4.50. The maximum absolute atomic E-state index is 5.38. The van der Waals surface area contributed by atoms with Crippen LogP contribution in [0.3, 0.4) is 0 Å². The van der Waals surface area contributed by atoms with E-state index in [1.807, 2.05) is 6.20 Å². The van der Waals surface area contributed by atoms with Crippen molar-refractivity contribution in [1.29, 1.82) is 0 Å². The summed E-state index contributed by atoms with van der Waals surface area (Å²) in [6.45, 7) is 0. The van der Waals surface area contributed by atoms with Crippen molar-refractivity contribution in [3.8, 4) is 0 Å². The van der Waals surface area contributed by atoms with Crippen LogP contribution in [-0.4, -0.2) is 4.98 Å². The van der Waals surface area contributed by atoms with Gasteiger partial charge in [-0.25, -0.2) is 0 Å². The van der Waals surface area contributed by atoms with Gasteiger partial charge in [-0.15, -0.1) is 0 Å². The molecule has 48 valence electrons. The van der Waals surface area contributed by atoms with E-state index < -0.39 is 0 Å². The standard InChI is InChI=1S/C8H5NO/c1-5-3-9-4-8-7(5)2-6(1)10-8/h2-4H,1H2. The van der Waals surface area contributed by atoms with Crippen molar-refractivity contribution in [2.75, 3.05) is 0 Å². The van der Waals surface area contributed by atoms with E-state index in [0.29, 0.717) is 0 Å². The van der Waals surface area contributed by atoms with Gasteiger partial charge in [0.2, 0.25) is 0 Å². The fourth-order valence-corrected chi connectivity index (χ4v) is 1.48. The third-order valence-electron chi connectivity index (χ3n) is 1.94. The first-order valence-electron chi connectivity index (χ1n) is 3.29. The molecule has 2 nitrogen and oxygen atoms in total. The Kier molecular flexibility index (Phi) is 0.556. The molecule has 0 aromatic carbocycles. The molecule has 2 heteroatoms. The number of nitrogens with zero attached hydrogens (tertiary/aromatic N) is 1. The minimum Gasteiger partial charge on any atom is -0.459 e. The molecule has 1 aliphatic carbocycles. The van der Waals surface area contributed by atoms with Crippen LogP contribution in [0.1, 0.15) is 11.3 Å². The molecular weight excluding hydrogens is 126 g/mol. The maximum atomic E-state index is 5.38. The molecule has 0 radical (unpaired) electrons. The summed E-state index contributed by atoms with van der Waals surface area (Å²) in [4.78, 5) is 4.04. The number of fused-ring (bicyclic) bond motifs is 1. The lowest BCUT2D eigenvalue weighted by atomic mass is 10.2. The average molecular weight is 131 g/mol. The SMILES string of the molecule is c1ncc2oc3cc2c1C3. The third-order valence-corrected chi connectivity index (χ3v) is 1.94. The number of furan rings is 1. The molecular formula is C8H5NO. The van der Waals surface area contributed by atoms with E-state index in [1.54, 1.807) is 6.20 Å². The Morgan fingerprint density at radius 3 is 3.10 bits per heavy atom. The number of pyridine rings is 1. The quantitative estimate of drug-likeness (QED) is 0.464. The topological polar surface area (TPSA) is 26.0 Å². The molecule has 3 rings (SSSR count). The highest BCUT2D eigenvalue weighted by atomic mass is 16.3.